The van der Waals surface area contributed by atoms with Gasteiger partial charge in [0.05, 0.1) is 22.6 Å². The number of hydrogen-bond donors (Lipinski definition) is 1. The van der Waals surface area contributed by atoms with E-state index in [9.17, 15) is 9.90 Å². The number of amides is 1. The van der Waals surface area contributed by atoms with Crippen molar-refractivity contribution in [1.29, 1.82) is 0 Å². The summed E-state index contributed by atoms with van der Waals surface area (Å²) in [5, 5.41) is 9.95. The van der Waals surface area contributed by atoms with Gasteiger partial charge in [-0.1, -0.05) is 32.1 Å². The minimum absolute atomic E-state index is 0.244. The van der Waals surface area contributed by atoms with Crippen LogP contribution in [0.15, 0.2) is 9.98 Å². The van der Waals surface area contributed by atoms with Crippen molar-refractivity contribution in [1.82, 2.24) is 4.98 Å². The van der Waals surface area contributed by atoms with Crippen LogP contribution in [0.2, 0.25) is 0 Å². The largest absolute Gasteiger partial charge is 0.465 e. The van der Waals surface area contributed by atoms with Gasteiger partial charge < -0.3 is 9.84 Å². The highest BCUT2D eigenvalue weighted by Gasteiger charge is 2.36. The number of halogens is 1. The molecule has 0 fully saturated rings. The summed E-state index contributed by atoms with van der Waals surface area (Å²) in [6, 6.07) is -0.289. The first-order valence-corrected chi connectivity index (χ1v) is 7.59. The van der Waals surface area contributed by atoms with Gasteiger partial charge in [-0.05, 0) is 28.3 Å². The van der Waals surface area contributed by atoms with Gasteiger partial charge in [-0.3, -0.25) is 0 Å². The lowest BCUT2D eigenvalue weighted by atomic mass is 9.86. The van der Waals surface area contributed by atoms with Gasteiger partial charge in [0.25, 0.3) is 0 Å². The molecule has 0 aromatic carbocycles. The molecule has 0 saturated heterocycles. The molecule has 1 atom stereocenters. The molecular weight excluding hydrogens is 332 g/mol. The van der Waals surface area contributed by atoms with Crippen LogP contribution in [0.3, 0.4) is 0 Å². The lowest BCUT2D eigenvalue weighted by Gasteiger charge is -2.36. The first-order valence-electron chi connectivity index (χ1n) is 5.98. The summed E-state index contributed by atoms with van der Waals surface area (Å²) >= 11 is 4.60. The van der Waals surface area contributed by atoms with Crippen molar-refractivity contribution < 1.29 is 14.6 Å². The summed E-state index contributed by atoms with van der Waals surface area (Å²) in [7, 11) is 0. The monoisotopic (exact) mass is 350 g/mol. The van der Waals surface area contributed by atoms with Crippen molar-refractivity contribution in [3.63, 3.8) is 0 Å². The third kappa shape index (κ3) is 4.43. The van der Waals surface area contributed by atoms with E-state index in [1.54, 1.807) is 6.20 Å². The van der Waals surface area contributed by atoms with Crippen LogP contribution < -0.4 is 4.90 Å². The molecule has 1 amide bonds. The number of ether oxygens (including phenoxy) is 1. The van der Waals surface area contributed by atoms with E-state index < -0.39 is 6.09 Å². The van der Waals surface area contributed by atoms with E-state index in [1.807, 2.05) is 27.7 Å². The lowest BCUT2D eigenvalue weighted by Crippen LogP contribution is -2.50. The Labute approximate surface area is 125 Å². The molecule has 0 spiro atoms. The van der Waals surface area contributed by atoms with E-state index in [2.05, 4.69) is 20.9 Å². The van der Waals surface area contributed by atoms with Gasteiger partial charge in [-0.15, -0.1) is 0 Å². The molecule has 0 aliphatic heterocycles. The third-order valence-corrected chi connectivity index (χ3v) is 4.14. The van der Waals surface area contributed by atoms with Gasteiger partial charge >= 0.3 is 6.09 Å². The first kappa shape index (κ1) is 16.4. The number of hydrogen-bond acceptors (Lipinski definition) is 4. The highest BCUT2D eigenvalue weighted by atomic mass is 79.9. The van der Waals surface area contributed by atoms with Gasteiger partial charge in [0.2, 0.25) is 0 Å². The summed E-state index contributed by atoms with van der Waals surface area (Å²) in [5.74, 6) is 0. The minimum Gasteiger partial charge on any atom is -0.465 e. The molecule has 1 unspecified atom stereocenters. The second kappa shape index (κ2) is 6.67. The average Bonchev–Trinajstić information content (AvgIpc) is 2.68. The highest BCUT2D eigenvalue weighted by Crippen LogP contribution is 2.33. The summed E-state index contributed by atoms with van der Waals surface area (Å²) in [6.07, 6.45) is 0.595. The van der Waals surface area contributed by atoms with Crippen molar-refractivity contribution in [3.05, 3.63) is 9.98 Å². The second-order valence-corrected chi connectivity index (χ2v) is 7.53. The molecule has 1 aromatic rings. The van der Waals surface area contributed by atoms with Crippen molar-refractivity contribution in [2.24, 2.45) is 5.41 Å². The van der Waals surface area contributed by atoms with Gasteiger partial charge in [0.1, 0.15) is 0 Å². The van der Waals surface area contributed by atoms with Crippen LogP contribution in [0.1, 0.15) is 27.7 Å². The Balaban J connectivity index is 3.09. The summed E-state index contributed by atoms with van der Waals surface area (Å²) in [5.41, 5.74) is -0.244. The number of rotatable bonds is 5. The molecular formula is C12H19BrN2O3S. The van der Waals surface area contributed by atoms with Gasteiger partial charge in [-0.2, -0.15) is 0 Å². The third-order valence-electron chi connectivity index (χ3n) is 2.67. The van der Waals surface area contributed by atoms with Gasteiger partial charge in [0.15, 0.2) is 5.13 Å². The Morgan fingerprint density at radius 3 is 2.63 bits per heavy atom. The predicted octanol–water partition coefficient (Wildman–Crippen LogP) is 3.84. The normalized spacial score (nSPS) is 13.3. The Bertz CT molecular complexity index is 431. The maximum absolute atomic E-state index is 11.6. The van der Waals surface area contributed by atoms with Crippen LogP contribution in [-0.2, 0) is 4.74 Å². The topological polar surface area (TPSA) is 62.7 Å². The van der Waals surface area contributed by atoms with Crippen LogP contribution in [0.5, 0.6) is 0 Å². The average molecular weight is 351 g/mol. The molecule has 19 heavy (non-hydrogen) atoms. The SMILES string of the molecule is CCOCC(N(C(=O)O)c1ncc(Br)s1)C(C)(C)C. The van der Waals surface area contributed by atoms with Crippen LogP contribution >= 0.6 is 27.3 Å². The molecule has 1 rings (SSSR count). The van der Waals surface area contributed by atoms with Crippen LogP contribution in [0.25, 0.3) is 0 Å². The number of carbonyl (C=O) groups is 1. The van der Waals surface area contributed by atoms with Crippen LogP contribution in [0.4, 0.5) is 9.93 Å². The van der Waals surface area contributed by atoms with Gasteiger partial charge in [0, 0.05) is 6.61 Å². The van der Waals surface area contributed by atoms with Crippen molar-refractivity contribution in [3.8, 4) is 0 Å². The predicted molar refractivity (Wildman–Crippen MR) is 80.1 cm³/mol. The van der Waals surface area contributed by atoms with Crippen molar-refractivity contribution >= 4 is 38.5 Å². The zero-order valence-corrected chi connectivity index (χ0v) is 13.9. The molecule has 0 saturated carbocycles. The molecule has 0 bridgehead atoms. The molecule has 1 heterocycles. The fourth-order valence-corrected chi connectivity index (χ4v) is 2.87. The van der Waals surface area contributed by atoms with Crippen LogP contribution in [-0.4, -0.2) is 35.4 Å². The molecule has 1 N–H and O–H groups in total. The number of aromatic nitrogens is 1. The Morgan fingerprint density at radius 1 is 1.63 bits per heavy atom. The van der Waals surface area contributed by atoms with E-state index in [1.165, 1.54) is 16.2 Å². The van der Waals surface area contributed by atoms with Gasteiger partial charge in [-0.25, -0.2) is 14.7 Å². The smallest absolute Gasteiger partial charge is 0.414 e. The molecule has 108 valence electrons. The number of carboxylic acid groups (broad SMARTS) is 1. The Hall–Kier alpha value is -0.660. The first-order chi connectivity index (χ1) is 8.77. The maximum atomic E-state index is 11.6. The summed E-state index contributed by atoms with van der Waals surface area (Å²) in [6.45, 7) is 8.79. The molecule has 0 radical (unpaired) electrons. The summed E-state index contributed by atoms with van der Waals surface area (Å²) in [4.78, 5) is 17.0. The zero-order chi connectivity index (χ0) is 14.6. The van der Waals surface area contributed by atoms with Crippen LogP contribution in [0, 0.1) is 5.41 Å². The number of thiazole rings is 1. The standard InChI is InChI=1S/C12H19BrN2O3S/c1-5-18-7-8(12(2,3)4)15(11(16)17)10-14-6-9(13)19-10/h6,8H,5,7H2,1-4H3,(H,16,17). The molecule has 0 aliphatic rings. The fourth-order valence-electron chi connectivity index (χ4n) is 1.65. The number of anilines is 1. The lowest BCUT2D eigenvalue weighted by molar-refractivity contribution is 0.0933. The molecule has 1 aromatic heterocycles. The minimum atomic E-state index is -1.01. The quantitative estimate of drug-likeness (QED) is 0.876. The molecule has 5 nitrogen and oxygen atoms in total. The van der Waals surface area contributed by atoms with Crippen molar-refractivity contribution in [2.45, 2.75) is 33.7 Å². The zero-order valence-electron chi connectivity index (χ0n) is 11.5. The number of nitrogens with zero attached hydrogens (tertiary/aromatic N) is 2. The maximum Gasteiger partial charge on any atom is 0.414 e. The second-order valence-electron chi connectivity index (χ2n) is 5.14. The van der Waals surface area contributed by atoms with Crippen molar-refractivity contribution in [2.75, 3.05) is 18.1 Å². The summed E-state index contributed by atoms with van der Waals surface area (Å²) < 4.78 is 6.25. The van der Waals surface area contributed by atoms with E-state index >= 15 is 0 Å². The van der Waals surface area contributed by atoms with E-state index in [0.717, 1.165) is 3.79 Å². The highest BCUT2D eigenvalue weighted by molar-refractivity contribution is 9.11. The van der Waals surface area contributed by atoms with E-state index in [4.69, 9.17) is 4.74 Å². The fraction of sp³-hybridized carbons (Fsp3) is 0.667. The Kier molecular flexibility index (Phi) is 5.76. The van der Waals surface area contributed by atoms with E-state index in [0.29, 0.717) is 18.3 Å². The Morgan fingerprint density at radius 2 is 2.26 bits per heavy atom. The molecule has 7 heteroatoms. The van der Waals surface area contributed by atoms with E-state index in [-0.39, 0.29) is 11.5 Å². The molecule has 0 aliphatic carbocycles.